The van der Waals surface area contributed by atoms with E-state index in [0.717, 1.165) is 12.8 Å². The number of rotatable bonds is 2. The van der Waals surface area contributed by atoms with E-state index in [2.05, 4.69) is 5.32 Å². The van der Waals surface area contributed by atoms with Gasteiger partial charge in [-0.15, -0.1) is 11.6 Å². The zero-order chi connectivity index (χ0) is 9.84. The van der Waals surface area contributed by atoms with Gasteiger partial charge in [0.15, 0.2) is 0 Å². The Hall–Kier alpha value is -0.0900. The van der Waals surface area contributed by atoms with Gasteiger partial charge < -0.3 is 5.32 Å². The van der Waals surface area contributed by atoms with Gasteiger partial charge in [0, 0.05) is 28.3 Å². The number of alkyl halides is 1. The van der Waals surface area contributed by atoms with Gasteiger partial charge in [-0.2, -0.15) is 0 Å². The first kappa shape index (κ1) is 11.0. The van der Waals surface area contributed by atoms with Crippen LogP contribution in [0, 0.1) is 0 Å². The standard InChI is InChI=1S/C8H14ClNO2S/c1-6(9)8(11)10-7-2-4-13(12)5-3-7/h6-7H,2-5H2,1H3,(H,10,11). The maximum atomic E-state index is 11.2. The molecule has 76 valence electrons. The topological polar surface area (TPSA) is 46.2 Å². The number of halogens is 1. The second-order valence-corrected chi connectivity index (χ2v) is 5.60. The maximum absolute atomic E-state index is 11.2. The fourth-order valence-electron chi connectivity index (χ4n) is 1.25. The quantitative estimate of drug-likeness (QED) is 0.699. The van der Waals surface area contributed by atoms with Crippen LogP contribution in [0.3, 0.4) is 0 Å². The van der Waals surface area contributed by atoms with E-state index in [4.69, 9.17) is 11.6 Å². The van der Waals surface area contributed by atoms with Gasteiger partial charge in [-0.1, -0.05) is 0 Å². The predicted octanol–water partition coefficient (Wildman–Crippen LogP) is 0.641. The Balaban J connectivity index is 2.30. The summed E-state index contributed by atoms with van der Waals surface area (Å²) in [5.74, 6) is 1.27. The molecule has 1 saturated heterocycles. The van der Waals surface area contributed by atoms with Crippen LogP contribution >= 0.6 is 11.6 Å². The Morgan fingerprint density at radius 2 is 2.08 bits per heavy atom. The summed E-state index contributed by atoms with van der Waals surface area (Å²) in [5, 5.41) is 2.35. The molecule has 1 aliphatic rings. The second-order valence-electron chi connectivity index (χ2n) is 3.25. The molecule has 1 aliphatic heterocycles. The zero-order valence-corrected chi connectivity index (χ0v) is 9.16. The molecule has 3 nitrogen and oxygen atoms in total. The van der Waals surface area contributed by atoms with E-state index < -0.39 is 16.2 Å². The molecule has 0 spiro atoms. The lowest BCUT2D eigenvalue weighted by molar-refractivity contribution is -0.121. The smallest absolute Gasteiger partial charge is 0.237 e. The molecule has 0 bridgehead atoms. The number of carbonyl (C=O) groups is 1. The second kappa shape index (κ2) is 4.96. The minimum absolute atomic E-state index is 0.126. The summed E-state index contributed by atoms with van der Waals surface area (Å²) in [6, 6.07) is 0.173. The highest BCUT2D eigenvalue weighted by molar-refractivity contribution is 7.85. The summed E-state index contributed by atoms with van der Waals surface area (Å²) < 4.78 is 11.0. The van der Waals surface area contributed by atoms with E-state index in [1.54, 1.807) is 6.92 Å². The minimum Gasteiger partial charge on any atom is -0.352 e. The highest BCUT2D eigenvalue weighted by atomic mass is 35.5. The summed E-state index contributed by atoms with van der Waals surface area (Å²) in [6.07, 6.45) is 1.62. The predicted molar refractivity (Wildman–Crippen MR) is 54.4 cm³/mol. The zero-order valence-electron chi connectivity index (χ0n) is 7.59. The Morgan fingerprint density at radius 3 is 2.54 bits per heavy atom. The SMILES string of the molecule is CC(Cl)C(=O)NC1CCS(=O)CC1. The molecule has 0 saturated carbocycles. The average Bonchev–Trinajstić information content (AvgIpc) is 2.08. The molecule has 0 aromatic rings. The third-order valence-corrected chi connectivity index (χ3v) is 3.68. The van der Waals surface area contributed by atoms with E-state index >= 15 is 0 Å². The van der Waals surface area contributed by atoms with Gasteiger partial charge in [0.05, 0.1) is 0 Å². The first-order chi connectivity index (χ1) is 6.09. The monoisotopic (exact) mass is 223 g/mol. The minimum atomic E-state index is -0.671. The summed E-state index contributed by atoms with van der Waals surface area (Å²) in [7, 11) is -0.671. The van der Waals surface area contributed by atoms with Crippen molar-refractivity contribution in [1.29, 1.82) is 0 Å². The van der Waals surface area contributed by atoms with Crippen molar-refractivity contribution in [3.8, 4) is 0 Å². The Labute approximate surface area is 85.7 Å². The van der Waals surface area contributed by atoms with Crippen molar-refractivity contribution >= 4 is 28.3 Å². The molecule has 1 fully saturated rings. The third kappa shape index (κ3) is 3.65. The van der Waals surface area contributed by atoms with E-state index in [9.17, 15) is 9.00 Å². The Morgan fingerprint density at radius 1 is 1.54 bits per heavy atom. The first-order valence-electron chi connectivity index (χ1n) is 4.39. The van der Waals surface area contributed by atoms with Crippen LogP contribution in [0.2, 0.25) is 0 Å². The molecule has 1 N–H and O–H groups in total. The van der Waals surface area contributed by atoms with Crippen LogP contribution in [0.25, 0.3) is 0 Å². The van der Waals surface area contributed by atoms with E-state index in [1.807, 2.05) is 0 Å². The van der Waals surface area contributed by atoms with Crippen LogP contribution in [0.5, 0.6) is 0 Å². The van der Waals surface area contributed by atoms with Gasteiger partial charge in [-0.25, -0.2) is 0 Å². The van der Waals surface area contributed by atoms with Crippen LogP contribution in [0.4, 0.5) is 0 Å². The lowest BCUT2D eigenvalue weighted by Crippen LogP contribution is -2.42. The molecular weight excluding hydrogens is 210 g/mol. The van der Waals surface area contributed by atoms with E-state index in [-0.39, 0.29) is 11.9 Å². The van der Waals surface area contributed by atoms with Gasteiger partial charge in [0.2, 0.25) is 5.91 Å². The highest BCUT2D eigenvalue weighted by Crippen LogP contribution is 2.09. The number of hydrogen-bond acceptors (Lipinski definition) is 2. The van der Waals surface area contributed by atoms with Crippen LogP contribution < -0.4 is 5.32 Å². The van der Waals surface area contributed by atoms with Crippen molar-refractivity contribution in [2.45, 2.75) is 31.2 Å². The van der Waals surface area contributed by atoms with Crippen molar-refractivity contribution in [2.75, 3.05) is 11.5 Å². The van der Waals surface area contributed by atoms with Crippen molar-refractivity contribution in [3.05, 3.63) is 0 Å². The highest BCUT2D eigenvalue weighted by Gasteiger charge is 2.20. The van der Waals surface area contributed by atoms with Crippen LogP contribution in [0.1, 0.15) is 19.8 Å². The summed E-state index contributed by atoms with van der Waals surface area (Å²) in [4.78, 5) is 11.2. The van der Waals surface area contributed by atoms with Gasteiger partial charge in [-0.3, -0.25) is 9.00 Å². The average molecular weight is 224 g/mol. The molecule has 0 aromatic carbocycles. The lowest BCUT2D eigenvalue weighted by Gasteiger charge is -2.22. The molecule has 0 aromatic heterocycles. The Kier molecular flexibility index (Phi) is 4.19. The molecule has 0 radical (unpaired) electrons. The number of nitrogens with one attached hydrogen (secondary N) is 1. The molecule has 1 heterocycles. The van der Waals surface area contributed by atoms with Crippen molar-refractivity contribution in [1.82, 2.24) is 5.32 Å². The van der Waals surface area contributed by atoms with Crippen LogP contribution in [-0.4, -0.2) is 33.0 Å². The number of amides is 1. The molecule has 0 aliphatic carbocycles. The van der Waals surface area contributed by atoms with Crippen molar-refractivity contribution < 1.29 is 9.00 Å². The fourth-order valence-corrected chi connectivity index (χ4v) is 2.62. The molecule has 5 heteroatoms. The largest absolute Gasteiger partial charge is 0.352 e. The molecule has 1 unspecified atom stereocenters. The normalized spacial score (nSPS) is 30.9. The number of carbonyl (C=O) groups excluding carboxylic acids is 1. The number of hydrogen-bond donors (Lipinski definition) is 1. The maximum Gasteiger partial charge on any atom is 0.237 e. The van der Waals surface area contributed by atoms with Gasteiger partial charge in [-0.05, 0) is 19.8 Å². The summed E-state index contributed by atoms with van der Waals surface area (Å²) >= 11 is 5.60. The van der Waals surface area contributed by atoms with E-state index in [1.165, 1.54) is 0 Å². The molecule has 13 heavy (non-hydrogen) atoms. The lowest BCUT2D eigenvalue weighted by atomic mass is 10.1. The fraction of sp³-hybridized carbons (Fsp3) is 0.875. The molecule has 1 atom stereocenters. The summed E-state index contributed by atoms with van der Waals surface area (Å²) in [5.41, 5.74) is 0. The third-order valence-electron chi connectivity index (χ3n) is 2.10. The van der Waals surface area contributed by atoms with Gasteiger partial charge in [0.1, 0.15) is 5.38 Å². The van der Waals surface area contributed by atoms with Crippen LogP contribution in [0.15, 0.2) is 0 Å². The van der Waals surface area contributed by atoms with Gasteiger partial charge >= 0.3 is 0 Å². The van der Waals surface area contributed by atoms with Crippen molar-refractivity contribution in [3.63, 3.8) is 0 Å². The van der Waals surface area contributed by atoms with Crippen molar-refractivity contribution in [2.24, 2.45) is 0 Å². The van der Waals surface area contributed by atoms with Crippen LogP contribution in [-0.2, 0) is 15.6 Å². The van der Waals surface area contributed by atoms with E-state index in [0.29, 0.717) is 11.5 Å². The molecule has 1 amide bonds. The first-order valence-corrected chi connectivity index (χ1v) is 6.31. The van der Waals surface area contributed by atoms with Gasteiger partial charge in [0.25, 0.3) is 0 Å². The summed E-state index contributed by atoms with van der Waals surface area (Å²) in [6.45, 7) is 1.65. The molecular formula is C8H14ClNO2S. The Bertz CT molecular complexity index is 210. The molecule has 1 rings (SSSR count).